The minimum absolute atomic E-state index is 0.0765. The third-order valence-electron chi connectivity index (χ3n) is 5.07. The van der Waals surface area contributed by atoms with E-state index in [0.717, 1.165) is 38.8 Å². The molecule has 0 aliphatic carbocycles. The summed E-state index contributed by atoms with van der Waals surface area (Å²) in [5.74, 6) is 0.628. The second-order valence-corrected chi connectivity index (χ2v) is 7.74. The fourth-order valence-corrected chi connectivity index (χ4v) is 4.82. The van der Waals surface area contributed by atoms with E-state index in [1.165, 1.54) is 5.39 Å². The SMILES string of the molecule is Nc1ncc(CN2CCNC(=O)C2)c2scc(-c3ccc4[nH]ccc4c3)c12. The summed E-state index contributed by atoms with van der Waals surface area (Å²) in [5.41, 5.74) is 10.8. The summed E-state index contributed by atoms with van der Waals surface area (Å²) < 4.78 is 1.15. The van der Waals surface area contributed by atoms with Crippen LogP contribution in [-0.4, -0.2) is 40.4 Å². The van der Waals surface area contributed by atoms with Crippen LogP contribution >= 0.6 is 11.3 Å². The number of nitrogen functional groups attached to an aromatic ring is 1. The third-order valence-corrected chi connectivity index (χ3v) is 6.13. The van der Waals surface area contributed by atoms with Crippen LogP contribution in [-0.2, 0) is 11.3 Å². The van der Waals surface area contributed by atoms with Crippen LogP contribution in [0.3, 0.4) is 0 Å². The topological polar surface area (TPSA) is 87.0 Å². The van der Waals surface area contributed by atoms with E-state index in [1.807, 2.05) is 12.4 Å². The van der Waals surface area contributed by atoms with Crippen LogP contribution < -0.4 is 11.1 Å². The molecule has 6 nitrogen and oxygen atoms in total. The van der Waals surface area contributed by atoms with Gasteiger partial charge < -0.3 is 16.0 Å². The van der Waals surface area contributed by atoms with Gasteiger partial charge in [-0.25, -0.2) is 4.98 Å². The van der Waals surface area contributed by atoms with Crippen LogP contribution in [0.5, 0.6) is 0 Å². The molecule has 0 unspecified atom stereocenters. The molecular formula is C20H19N5OS. The van der Waals surface area contributed by atoms with Gasteiger partial charge in [0, 0.05) is 58.8 Å². The first-order valence-electron chi connectivity index (χ1n) is 8.90. The van der Waals surface area contributed by atoms with E-state index in [4.69, 9.17) is 5.73 Å². The Morgan fingerprint density at radius 3 is 3.11 bits per heavy atom. The number of H-pyrrole nitrogens is 1. The van der Waals surface area contributed by atoms with Crippen LogP contribution in [0.15, 0.2) is 42.0 Å². The summed E-state index contributed by atoms with van der Waals surface area (Å²) in [6, 6.07) is 8.45. The first-order chi connectivity index (χ1) is 13.2. The van der Waals surface area contributed by atoms with Crippen molar-refractivity contribution in [1.82, 2.24) is 20.2 Å². The van der Waals surface area contributed by atoms with Gasteiger partial charge in [0.1, 0.15) is 5.82 Å². The van der Waals surface area contributed by atoms with Gasteiger partial charge in [-0.1, -0.05) is 6.07 Å². The second-order valence-electron chi connectivity index (χ2n) is 6.86. The van der Waals surface area contributed by atoms with Crippen molar-refractivity contribution in [2.75, 3.05) is 25.4 Å². The largest absolute Gasteiger partial charge is 0.383 e. The van der Waals surface area contributed by atoms with Crippen molar-refractivity contribution in [2.24, 2.45) is 0 Å². The maximum absolute atomic E-state index is 11.7. The Morgan fingerprint density at radius 1 is 1.30 bits per heavy atom. The third kappa shape index (κ3) is 2.85. The Balaban J connectivity index is 1.57. The minimum atomic E-state index is 0.0765. The highest BCUT2D eigenvalue weighted by molar-refractivity contribution is 7.18. The lowest BCUT2D eigenvalue weighted by atomic mass is 10.0. The molecule has 1 fully saturated rings. The van der Waals surface area contributed by atoms with E-state index in [2.05, 4.69) is 49.8 Å². The quantitative estimate of drug-likeness (QED) is 0.512. The summed E-state index contributed by atoms with van der Waals surface area (Å²) in [7, 11) is 0. The van der Waals surface area contributed by atoms with Gasteiger partial charge in [-0.15, -0.1) is 11.3 Å². The van der Waals surface area contributed by atoms with Crippen molar-refractivity contribution < 1.29 is 4.79 Å². The number of hydrogen-bond acceptors (Lipinski definition) is 5. The average molecular weight is 377 g/mol. The highest BCUT2D eigenvalue weighted by Gasteiger charge is 2.19. The number of carbonyl (C=O) groups is 1. The van der Waals surface area contributed by atoms with Crippen molar-refractivity contribution in [1.29, 1.82) is 0 Å². The highest BCUT2D eigenvalue weighted by Crippen LogP contribution is 2.39. The van der Waals surface area contributed by atoms with Gasteiger partial charge in [0.25, 0.3) is 0 Å². The van der Waals surface area contributed by atoms with Crippen LogP contribution in [0.1, 0.15) is 5.56 Å². The standard InChI is InChI=1S/C20H19N5OS/c21-20-18-15(12-1-2-16-13(7-12)3-4-22-16)11-27-19(18)14(8-24-20)9-25-6-5-23-17(26)10-25/h1-4,7-8,11,22H,5-6,9-10H2,(H2,21,24)(H,23,26). The van der Waals surface area contributed by atoms with Crippen molar-refractivity contribution in [2.45, 2.75) is 6.54 Å². The molecular weight excluding hydrogens is 358 g/mol. The Hall–Kier alpha value is -2.90. The lowest BCUT2D eigenvalue weighted by Crippen LogP contribution is -2.47. The number of nitrogens with two attached hydrogens (primary N) is 1. The molecule has 1 amide bonds. The van der Waals surface area contributed by atoms with Gasteiger partial charge in [-0.3, -0.25) is 9.69 Å². The fraction of sp³-hybridized carbons (Fsp3) is 0.200. The zero-order chi connectivity index (χ0) is 18.4. The number of aromatic nitrogens is 2. The molecule has 1 aliphatic heterocycles. The molecule has 7 heteroatoms. The van der Waals surface area contributed by atoms with E-state index in [0.29, 0.717) is 25.5 Å². The lowest BCUT2D eigenvalue weighted by Gasteiger charge is -2.26. The molecule has 0 bridgehead atoms. The fourth-order valence-electron chi connectivity index (χ4n) is 3.73. The Morgan fingerprint density at radius 2 is 2.22 bits per heavy atom. The molecule has 27 heavy (non-hydrogen) atoms. The number of aromatic amines is 1. The number of piperazine rings is 1. The molecule has 4 N–H and O–H groups in total. The van der Waals surface area contributed by atoms with Gasteiger partial charge in [0.15, 0.2) is 0 Å². The van der Waals surface area contributed by atoms with E-state index in [-0.39, 0.29) is 5.91 Å². The number of thiophene rings is 1. The van der Waals surface area contributed by atoms with Crippen LogP contribution in [0.25, 0.3) is 32.1 Å². The predicted molar refractivity (Wildman–Crippen MR) is 110 cm³/mol. The molecule has 0 atom stereocenters. The van der Waals surface area contributed by atoms with Crippen LogP contribution in [0.4, 0.5) is 5.82 Å². The molecule has 1 saturated heterocycles. The van der Waals surface area contributed by atoms with E-state index in [1.54, 1.807) is 11.3 Å². The van der Waals surface area contributed by atoms with E-state index in [9.17, 15) is 4.79 Å². The first-order valence-corrected chi connectivity index (χ1v) is 9.78. The predicted octanol–water partition coefficient (Wildman–Crippen LogP) is 2.96. The maximum Gasteiger partial charge on any atom is 0.234 e. The summed E-state index contributed by atoms with van der Waals surface area (Å²) >= 11 is 1.69. The number of rotatable bonds is 3. The molecule has 1 aromatic carbocycles. The van der Waals surface area contributed by atoms with Gasteiger partial charge >= 0.3 is 0 Å². The summed E-state index contributed by atoms with van der Waals surface area (Å²) in [6.07, 6.45) is 3.79. The number of amides is 1. The van der Waals surface area contributed by atoms with Crippen molar-refractivity contribution >= 4 is 44.1 Å². The maximum atomic E-state index is 11.7. The summed E-state index contributed by atoms with van der Waals surface area (Å²) in [5, 5.41) is 7.20. The highest BCUT2D eigenvalue weighted by atomic mass is 32.1. The van der Waals surface area contributed by atoms with Gasteiger partial charge in [0.2, 0.25) is 5.91 Å². The van der Waals surface area contributed by atoms with Gasteiger partial charge in [-0.2, -0.15) is 0 Å². The number of carbonyl (C=O) groups excluding carboxylic acids is 1. The smallest absolute Gasteiger partial charge is 0.234 e. The number of anilines is 1. The average Bonchev–Trinajstić information content (AvgIpc) is 3.31. The Kier molecular flexibility index (Phi) is 3.84. The minimum Gasteiger partial charge on any atom is -0.383 e. The normalized spacial score (nSPS) is 15.5. The first kappa shape index (κ1) is 16.3. The Bertz CT molecular complexity index is 1160. The second kappa shape index (κ2) is 6.37. The molecule has 3 aromatic heterocycles. The van der Waals surface area contributed by atoms with E-state index >= 15 is 0 Å². The molecule has 0 radical (unpaired) electrons. The molecule has 136 valence electrons. The van der Waals surface area contributed by atoms with Gasteiger partial charge in [-0.05, 0) is 34.5 Å². The Labute approximate surface area is 160 Å². The van der Waals surface area contributed by atoms with Gasteiger partial charge in [0.05, 0.1) is 6.54 Å². The molecule has 0 saturated carbocycles. The van der Waals surface area contributed by atoms with Crippen molar-refractivity contribution in [3.8, 4) is 11.1 Å². The molecule has 4 heterocycles. The zero-order valence-corrected chi connectivity index (χ0v) is 15.5. The molecule has 1 aliphatic rings. The summed E-state index contributed by atoms with van der Waals surface area (Å²) in [4.78, 5) is 21.5. The summed E-state index contributed by atoms with van der Waals surface area (Å²) in [6.45, 7) is 2.67. The molecule has 5 rings (SSSR count). The zero-order valence-electron chi connectivity index (χ0n) is 14.7. The number of fused-ring (bicyclic) bond motifs is 2. The number of pyridine rings is 1. The number of nitrogens with zero attached hydrogens (tertiary/aromatic N) is 2. The van der Waals surface area contributed by atoms with Crippen LogP contribution in [0.2, 0.25) is 0 Å². The number of hydrogen-bond donors (Lipinski definition) is 3. The lowest BCUT2D eigenvalue weighted by molar-refractivity contribution is -0.124. The van der Waals surface area contributed by atoms with E-state index < -0.39 is 0 Å². The number of benzene rings is 1. The van der Waals surface area contributed by atoms with Crippen LogP contribution in [0, 0.1) is 0 Å². The van der Waals surface area contributed by atoms with Crippen molar-refractivity contribution in [3.63, 3.8) is 0 Å². The molecule has 4 aromatic rings. The monoisotopic (exact) mass is 377 g/mol. The van der Waals surface area contributed by atoms with Crippen molar-refractivity contribution in [3.05, 3.63) is 47.6 Å². The number of nitrogens with one attached hydrogen (secondary N) is 2. The molecule has 0 spiro atoms.